The summed E-state index contributed by atoms with van der Waals surface area (Å²) in [7, 11) is 0. The predicted molar refractivity (Wildman–Crippen MR) is 105 cm³/mol. The standard InChI is InChI=1S/C22H28N2O2/c1-17(19-7-10-21-22(15-19)26-14-13-25-21)23-16-18-5-8-20(9-6-18)24-11-3-2-4-12-24/h5-10,15,17,23H,2-4,11-14,16H2,1H3. The number of nitrogens with one attached hydrogen (secondary N) is 1. The zero-order valence-electron chi connectivity index (χ0n) is 15.5. The van der Waals surface area contributed by atoms with Crippen LogP contribution in [0.3, 0.4) is 0 Å². The van der Waals surface area contributed by atoms with Crippen molar-refractivity contribution in [3.63, 3.8) is 0 Å². The van der Waals surface area contributed by atoms with Gasteiger partial charge in [-0.2, -0.15) is 0 Å². The number of hydrogen-bond acceptors (Lipinski definition) is 4. The molecule has 4 rings (SSSR count). The summed E-state index contributed by atoms with van der Waals surface area (Å²) in [5, 5.41) is 3.61. The van der Waals surface area contributed by atoms with E-state index >= 15 is 0 Å². The Morgan fingerprint density at radius 2 is 1.65 bits per heavy atom. The van der Waals surface area contributed by atoms with Crippen molar-refractivity contribution in [2.45, 2.75) is 38.8 Å². The largest absolute Gasteiger partial charge is 0.486 e. The number of benzene rings is 2. The molecule has 1 atom stereocenters. The van der Waals surface area contributed by atoms with E-state index < -0.39 is 0 Å². The van der Waals surface area contributed by atoms with Crippen molar-refractivity contribution in [1.82, 2.24) is 5.32 Å². The third-order valence-electron chi connectivity index (χ3n) is 5.34. The lowest BCUT2D eigenvalue weighted by molar-refractivity contribution is 0.171. The first-order valence-electron chi connectivity index (χ1n) is 9.76. The number of hydrogen-bond donors (Lipinski definition) is 1. The van der Waals surface area contributed by atoms with Crippen molar-refractivity contribution in [3.8, 4) is 11.5 Å². The van der Waals surface area contributed by atoms with Gasteiger partial charge in [-0.1, -0.05) is 18.2 Å². The lowest BCUT2D eigenvalue weighted by Gasteiger charge is -2.29. The molecule has 1 N–H and O–H groups in total. The molecule has 1 unspecified atom stereocenters. The smallest absolute Gasteiger partial charge is 0.161 e. The minimum atomic E-state index is 0.257. The van der Waals surface area contributed by atoms with Gasteiger partial charge >= 0.3 is 0 Å². The number of anilines is 1. The van der Waals surface area contributed by atoms with Gasteiger partial charge in [-0.25, -0.2) is 0 Å². The molecule has 2 aliphatic heterocycles. The van der Waals surface area contributed by atoms with Crippen LogP contribution >= 0.6 is 0 Å². The second-order valence-corrected chi connectivity index (χ2v) is 7.22. The van der Waals surface area contributed by atoms with Gasteiger partial charge in [0.2, 0.25) is 0 Å². The van der Waals surface area contributed by atoms with E-state index in [0.29, 0.717) is 13.2 Å². The monoisotopic (exact) mass is 352 g/mol. The van der Waals surface area contributed by atoms with Crippen molar-refractivity contribution in [3.05, 3.63) is 53.6 Å². The minimum absolute atomic E-state index is 0.257. The van der Waals surface area contributed by atoms with Crippen molar-refractivity contribution >= 4 is 5.69 Å². The van der Waals surface area contributed by atoms with Crippen LogP contribution < -0.4 is 19.7 Å². The molecular formula is C22H28N2O2. The lowest BCUT2D eigenvalue weighted by Crippen LogP contribution is -2.29. The number of rotatable bonds is 5. The molecule has 2 aromatic rings. The molecule has 0 spiro atoms. The Balaban J connectivity index is 1.34. The van der Waals surface area contributed by atoms with Crippen molar-refractivity contribution in [2.75, 3.05) is 31.2 Å². The summed E-state index contributed by atoms with van der Waals surface area (Å²) in [5.74, 6) is 1.70. The van der Waals surface area contributed by atoms with Crippen LogP contribution in [0, 0.1) is 0 Å². The topological polar surface area (TPSA) is 33.7 Å². The van der Waals surface area contributed by atoms with Crippen LogP contribution in [0.25, 0.3) is 0 Å². The summed E-state index contributed by atoms with van der Waals surface area (Å²) in [4.78, 5) is 2.50. The molecule has 0 aromatic heterocycles. The summed E-state index contributed by atoms with van der Waals surface area (Å²) < 4.78 is 11.3. The Bertz CT molecular complexity index is 723. The summed E-state index contributed by atoms with van der Waals surface area (Å²) in [6, 6.07) is 15.5. The van der Waals surface area contributed by atoms with E-state index in [4.69, 9.17) is 9.47 Å². The Hall–Kier alpha value is -2.20. The molecule has 2 heterocycles. The number of ether oxygens (including phenoxy) is 2. The SMILES string of the molecule is CC(NCc1ccc(N2CCCCC2)cc1)c1ccc2c(c1)OCCO2. The van der Waals surface area contributed by atoms with Gasteiger partial charge in [-0.15, -0.1) is 0 Å². The fourth-order valence-corrected chi connectivity index (χ4v) is 3.69. The van der Waals surface area contributed by atoms with E-state index in [1.807, 2.05) is 6.07 Å². The second kappa shape index (κ2) is 8.00. The molecular weight excluding hydrogens is 324 g/mol. The van der Waals surface area contributed by atoms with Gasteiger partial charge in [-0.3, -0.25) is 0 Å². The highest BCUT2D eigenvalue weighted by Crippen LogP contribution is 2.32. The summed E-state index contributed by atoms with van der Waals surface area (Å²) in [5.41, 5.74) is 3.89. The third kappa shape index (κ3) is 3.96. The molecule has 0 saturated carbocycles. The number of piperidine rings is 1. The van der Waals surface area contributed by atoms with Crippen molar-refractivity contribution in [2.24, 2.45) is 0 Å². The van der Waals surface area contributed by atoms with E-state index in [-0.39, 0.29) is 6.04 Å². The molecule has 0 radical (unpaired) electrons. The Morgan fingerprint density at radius 1 is 0.923 bits per heavy atom. The first kappa shape index (κ1) is 17.2. The Labute approximate surface area is 156 Å². The summed E-state index contributed by atoms with van der Waals surface area (Å²) in [6.45, 7) is 6.69. The van der Waals surface area contributed by atoms with E-state index in [1.165, 1.54) is 49.2 Å². The fraction of sp³-hybridized carbons (Fsp3) is 0.455. The highest BCUT2D eigenvalue weighted by Gasteiger charge is 2.14. The van der Waals surface area contributed by atoms with Crippen LogP contribution in [0.4, 0.5) is 5.69 Å². The van der Waals surface area contributed by atoms with Crippen molar-refractivity contribution < 1.29 is 9.47 Å². The summed E-state index contributed by atoms with van der Waals surface area (Å²) >= 11 is 0. The molecule has 26 heavy (non-hydrogen) atoms. The zero-order chi connectivity index (χ0) is 17.8. The average Bonchev–Trinajstić information content (AvgIpc) is 2.72. The van der Waals surface area contributed by atoms with Crippen LogP contribution in [-0.4, -0.2) is 26.3 Å². The van der Waals surface area contributed by atoms with Crippen LogP contribution in [-0.2, 0) is 6.54 Å². The van der Waals surface area contributed by atoms with Gasteiger partial charge in [0, 0.05) is 31.4 Å². The van der Waals surface area contributed by atoms with Crippen LogP contribution in [0.2, 0.25) is 0 Å². The maximum absolute atomic E-state index is 5.69. The van der Waals surface area contributed by atoms with Crippen LogP contribution in [0.1, 0.15) is 43.4 Å². The van der Waals surface area contributed by atoms with Gasteiger partial charge in [0.15, 0.2) is 11.5 Å². The lowest BCUT2D eigenvalue weighted by atomic mass is 10.1. The van der Waals surface area contributed by atoms with Crippen LogP contribution in [0.15, 0.2) is 42.5 Å². The van der Waals surface area contributed by atoms with Gasteiger partial charge in [0.1, 0.15) is 13.2 Å². The number of nitrogens with zero attached hydrogens (tertiary/aromatic N) is 1. The fourth-order valence-electron chi connectivity index (χ4n) is 3.69. The first-order valence-corrected chi connectivity index (χ1v) is 9.76. The predicted octanol–water partition coefficient (Wildman–Crippen LogP) is 4.30. The second-order valence-electron chi connectivity index (χ2n) is 7.22. The molecule has 1 fully saturated rings. The quantitative estimate of drug-likeness (QED) is 0.870. The molecule has 1 saturated heterocycles. The third-order valence-corrected chi connectivity index (χ3v) is 5.34. The first-order chi connectivity index (χ1) is 12.8. The molecule has 4 nitrogen and oxygen atoms in total. The molecule has 4 heteroatoms. The van der Waals surface area contributed by atoms with Gasteiger partial charge in [-0.05, 0) is 61.6 Å². The molecule has 138 valence electrons. The molecule has 0 aliphatic carbocycles. The van der Waals surface area contributed by atoms with E-state index in [1.54, 1.807) is 0 Å². The normalized spacial score (nSPS) is 17.8. The van der Waals surface area contributed by atoms with Crippen LogP contribution in [0.5, 0.6) is 11.5 Å². The highest BCUT2D eigenvalue weighted by molar-refractivity contribution is 5.48. The molecule has 2 aliphatic rings. The highest BCUT2D eigenvalue weighted by atomic mass is 16.6. The van der Waals surface area contributed by atoms with Gasteiger partial charge in [0.05, 0.1) is 0 Å². The number of fused-ring (bicyclic) bond motifs is 1. The van der Waals surface area contributed by atoms with E-state index in [9.17, 15) is 0 Å². The molecule has 0 bridgehead atoms. The van der Waals surface area contributed by atoms with E-state index in [0.717, 1.165) is 18.0 Å². The van der Waals surface area contributed by atoms with Gasteiger partial charge < -0.3 is 19.7 Å². The minimum Gasteiger partial charge on any atom is -0.486 e. The van der Waals surface area contributed by atoms with E-state index in [2.05, 4.69) is 53.5 Å². The summed E-state index contributed by atoms with van der Waals surface area (Å²) in [6.07, 6.45) is 4.00. The van der Waals surface area contributed by atoms with Gasteiger partial charge in [0.25, 0.3) is 0 Å². The Kier molecular flexibility index (Phi) is 5.30. The average molecular weight is 352 g/mol. The molecule has 2 aromatic carbocycles. The molecule has 0 amide bonds. The van der Waals surface area contributed by atoms with Crippen molar-refractivity contribution in [1.29, 1.82) is 0 Å². The zero-order valence-corrected chi connectivity index (χ0v) is 15.5. The Morgan fingerprint density at radius 3 is 2.42 bits per heavy atom. The maximum Gasteiger partial charge on any atom is 0.161 e. The maximum atomic E-state index is 5.69.